The summed E-state index contributed by atoms with van der Waals surface area (Å²) in [5.74, 6) is -0.312. The van der Waals surface area contributed by atoms with E-state index in [4.69, 9.17) is 0 Å². The number of hydrazone groups is 1. The Morgan fingerprint density at radius 3 is 2.31 bits per heavy atom. The second kappa shape index (κ2) is 6.65. The van der Waals surface area contributed by atoms with Crippen molar-refractivity contribution >= 4 is 11.6 Å². The molecule has 136 valence electrons. The summed E-state index contributed by atoms with van der Waals surface area (Å²) < 4.78 is 0. The third-order valence-electron chi connectivity index (χ3n) is 4.78. The number of aromatic nitrogens is 1. The predicted octanol–water partition coefficient (Wildman–Crippen LogP) is 3.84. The van der Waals surface area contributed by atoms with Crippen LogP contribution in [0.25, 0.3) is 0 Å². The minimum absolute atomic E-state index is 0.0144. The third-order valence-corrected chi connectivity index (χ3v) is 4.78. The van der Waals surface area contributed by atoms with Crippen molar-refractivity contribution in [1.82, 2.24) is 9.99 Å². The number of rotatable bonds is 3. The highest BCUT2D eigenvalue weighted by molar-refractivity contribution is 5.98. The fourth-order valence-corrected chi connectivity index (χ4v) is 3.11. The van der Waals surface area contributed by atoms with Crippen molar-refractivity contribution in [3.05, 3.63) is 65.5 Å². The first-order valence-corrected chi connectivity index (χ1v) is 8.90. The molecule has 1 aliphatic heterocycles. The van der Waals surface area contributed by atoms with Gasteiger partial charge >= 0.3 is 0 Å². The highest BCUT2D eigenvalue weighted by atomic mass is 16.3. The van der Waals surface area contributed by atoms with Gasteiger partial charge in [-0.05, 0) is 41.7 Å². The van der Waals surface area contributed by atoms with Crippen LogP contribution in [-0.2, 0) is 11.1 Å². The zero-order valence-electron chi connectivity index (χ0n) is 15.7. The van der Waals surface area contributed by atoms with Gasteiger partial charge in [-0.25, -0.2) is 0 Å². The van der Waals surface area contributed by atoms with Gasteiger partial charge in [0.2, 0.25) is 0 Å². The number of benzene rings is 1. The van der Waals surface area contributed by atoms with Crippen molar-refractivity contribution in [3.63, 3.8) is 0 Å². The van der Waals surface area contributed by atoms with Gasteiger partial charge < -0.3 is 5.11 Å². The van der Waals surface area contributed by atoms with Gasteiger partial charge in [-0.15, -0.1) is 0 Å². The Balaban J connectivity index is 1.96. The SMILES string of the molecule is CCC1=NN(C(=O)c2ccc(C(C)(C)C)cc2)[C@@](O)(c2ccncc2)C1. The number of amides is 1. The minimum Gasteiger partial charge on any atom is -0.365 e. The maximum Gasteiger partial charge on any atom is 0.276 e. The predicted molar refractivity (Wildman–Crippen MR) is 102 cm³/mol. The Morgan fingerprint density at radius 2 is 1.77 bits per heavy atom. The Hall–Kier alpha value is -2.53. The van der Waals surface area contributed by atoms with Gasteiger partial charge in [0.15, 0.2) is 5.72 Å². The van der Waals surface area contributed by atoms with E-state index in [1.54, 1.807) is 36.7 Å². The first-order chi connectivity index (χ1) is 12.3. The molecule has 1 amide bonds. The summed E-state index contributed by atoms with van der Waals surface area (Å²) in [5, 5.41) is 16.9. The van der Waals surface area contributed by atoms with E-state index >= 15 is 0 Å². The Kier molecular flexibility index (Phi) is 4.67. The molecular weight excluding hydrogens is 326 g/mol. The van der Waals surface area contributed by atoms with Crippen LogP contribution in [0.4, 0.5) is 0 Å². The standard InChI is InChI=1S/C21H25N3O2/c1-5-18-14-21(26,17-10-12-22-13-11-17)24(23-18)19(25)15-6-8-16(9-7-15)20(2,3)4/h6-13,26H,5,14H2,1-4H3/t21-/m0/s1. The molecule has 3 rings (SSSR count). The van der Waals surface area contributed by atoms with E-state index < -0.39 is 5.72 Å². The molecule has 2 heterocycles. The number of carbonyl (C=O) groups excluding carboxylic acids is 1. The molecule has 1 N–H and O–H groups in total. The number of nitrogens with zero attached hydrogens (tertiary/aromatic N) is 3. The summed E-state index contributed by atoms with van der Waals surface area (Å²) in [7, 11) is 0. The van der Waals surface area contributed by atoms with Gasteiger partial charge in [-0.1, -0.05) is 39.8 Å². The average Bonchev–Trinajstić information content (AvgIpc) is 2.99. The molecule has 0 bridgehead atoms. The third kappa shape index (κ3) is 3.27. The van der Waals surface area contributed by atoms with E-state index in [9.17, 15) is 9.90 Å². The summed E-state index contributed by atoms with van der Waals surface area (Å²) in [4.78, 5) is 17.1. The lowest BCUT2D eigenvalue weighted by Gasteiger charge is -2.31. The van der Waals surface area contributed by atoms with Crippen LogP contribution in [0, 0.1) is 0 Å². The summed E-state index contributed by atoms with van der Waals surface area (Å²) >= 11 is 0. The maximum atomic E-state index is 13.1. The van der Waals surface area contributed by atoms with Crippen LogP contribution in [0.2, 0.25) is 0 Å². The van der Waals surface area contributed by atoms with Crippen molar-refractivity contribution in [2.45, 2.75) is 51.7 Å². The highest BCUT2D eigenvalue weighted by Gasteiger charge is 2.45. The van der Waals surface area contributed by atoms with Crippen LogP contribution in [0.5, 0.6) is 0 Å². The highest BCUT2D eigenvalue weighted by Crippen LogP contribution is 2.37. The van der Waals surface area contributed by atoms with E-state index in [2.05, 4.69) is 30.9 Å². The van der Waals surface area contributed by atoms with Crippen molar-refractivity contribution in [3.8, 4) is 0 Å². The van der Waals surface area contributed by atoms with Gasteiger partial charge in [0, 0.05) is 35.7 Å². The van der Waals surface area contributed by atoms with Gasteiger partial charge in [0.1, 0.15) is 0 Å². The van der Waals surface area contributed by atoms with Crippen LogP contribution in [0.15, 0.2) is 53.9 Å². The zero-order valence-corrected chi connectivity index (χ0v) is 15.7. The lowest BCUT2D eigenvalue weighted by molar-refractivity contribution is -0.0766. The summed E-state index contributed by atoms with van der Waals surface area (Å²) in [6.07, 6.45) is 4.20. The summed E-state index contributed by atoms with van der Waals surface area (Å²) in [6, 6.07) is 11.0. The molecule has 26 heavy (non-hydrogen) atoms. The molecule has 0 unspecified atom stereocenters. The van der Waals surface area contributed by atoms with Crippen molar-refractivity contribution in [1.29, 1.82) is 0 Å². The maximum absolute atomic E-state index is 13.1. The quantitative estimate of drug-likeness (QED) is 0.914. The summed E-state index contributed by atoms with van der Waals surface area (Å²) in [6.45, 7) is 8.36. The van der Waals surface area contributed by atoms with Gasteiger partial charge in [0.05, 0.1) is 0 Å². The normalized spacial score (nSPS) is 20.2. The molecule has 0 saturated heterocycles. The van der Waals surface area contributed by atoms with E-state index in [1.165, 1.54) is 5.01 Å². The van der Waals surface area contributed by atoms with E-state index in [1.807, 2.05) is 19.1 Å². The van der Waals surface area contributed by atoms with Gasteiger partial charge in [-0.3, -0.25) is 9.78 Å². The Bertz CT molecular complexity index is 823. The monoisotopic (exact) mass is 351 g/mol. The van der Waals surface area contributed by atoms with Crippen LogP contribution in [-0.4, -0.2) is 26.7 Å². The fraction of sp³-hybridized carbons (Fsp3) is 0.381. The molecule has 0 spiro atoms. The smallest absolute Gasteiger partial charge is 0.276 e. The number of aliphatic hydroxyl groups is 1. The average molecular weight is 351 g/mol. The van der Waals surface area contributed by atoms with Crippen LogP contribution >= 0.6 is 0 Å². The van der Waals surface area contributed by atoms with Crippen molar-refractivity contribution in [2.24, 2.45) is 5.10 Å². The molecule has 1 aliphatic rings. The Labute approximate surface area is 154 Å². The minimum atomic E-state index is -1.48. The molecule has 1 aromatic carbocycles. The molecule has 5 heteroatoms. The van der Waals surface area contributed by atoms with E-state index in [0.29, 0.717) is 24.0 Å². The molecular formula is C21H25N3O2. The molecule has 5 nitrogen and oxygen atoms in total. The Morgan fingerprint density at radius 1 is 1.15 bits per heavy atom. The van der Waals surface area contributed by atoms with Crippen LogP contribution < -0.4 is 0 Å². The number of carbonyl (C=O) groups is 1. The molecule has 1 aromatic heterocycles. The molecule has 0 aliphatic carbocycles. The zero-order chi connectivity index (χ0) is 18.9. The molecule has 0 fully saturated rings. The molecule has 0 radical (unpaired) electrons. The van der Waals surface area contributed by atoms with E-state index in [-0.39, 0.29) is 11.3 Å². The molecule has 0 saturated carbocycles. The second-order valence-electron chi connectivity index (χ2n) is 7.69. The fourth-order valence-electron chi connectivity index (χ4n) is 3.11. The first-order valence-electron chi connectivity index (χ1n) is 8.90. The number of hydrogen-bond acceptors (Lipinski definition) is 4. The van der Waals surface area contributed by atoms with Gasteiger partial charge in [-0.2, -0.15) is 10.1 Å². The molecule has 2 aromatic rings. The van der Waals surface area contributed by atoms with Gasteiger partial charge in [0.25, 0.3) is 5.91 Å². The largest absolute Gasteiger partial charge is 0.365 e. The topological polar surface area (TPSA) is 65.8 Å². The van der Waals surface area contributed by atoms with Crippen LogP contribution in [0.3, 0.4) is 0 Å². The lowest BCUT2D eigenvalue weighted by atomic mass is 9.86. The second-order valence-corrected chi connectivity index (χ2v) is 7.69. The van der Waals surface area contributed by atoms with Crippen molar-refractivity contribution in [2.75, 3.05) is 0 Å². The number of hydrogen-bond donors (Lipinski definition) is 1. The number of pyridine rings is 1. The van der Waals surface area contributed by atoms with Crippen molar-refractivity contribution < 1.29 is 9.90 Å². The van der Waals surface area contributed by atoms with E-state index in [0.717, 1.165) is 11.3 Å². The lowest BCUT2D eigenvalue weighted by Crippen LogP contribution is -2.43. The summed E-state index contributed by atoms with van der Waals surface area (Å²) in [5.41, 5.74) is 1.60. The van der Waals surface area contributed by atoms with Crippen LogP contribution in [0.1, 0.15) is 62.0 Å². The molecule has 1 atom stereocenters. The first kappa shape index (κ1) is 18.3.